The van der Waals surface area contributed by atoms with Crippen molar-refractivity contribution in [2.45, 2.75) is 52.4 Å². The molecule has 0 aliphatic carbocycles. The van der Waals surface area contributed by atoms with Gasteiger partial charge in [0.1, 0.15) is 5.76 Å². The van der Waals surface area contributed by atoms with Crippen LogP contribution in [0.3, 0.4) is 0 Å². The van der Waals surface area contributed by atoms with Gasteiger partial charge in [0.25, 0.3) is 0 Å². The van der Waals surface area contributed by atoms with E-state index >= 15 is 0 Å². The van der Waals surface area contributed by atoms with E-state index in [2.05, 4.69) is 17.4 Å². The Hall–Kier alpha value is -1.32. The van der Waals surface area contributed by atoms with Gasteiger partial charge in [-0.25, -0.2) is 0 Å². The molecule has 16 heavy (non-hydrogen) atoms. The van der Waals surface area contributed by atoms with Crippen molar-refractivity contribution in [3.05, 3.63) is 11.8 Å². The summed E-state index contributed by atoms with van der Waals surface area (Å²) in [6, 6.07) is 1.72. The molecule has 1 amide bonds. The molecular weight excluding hydrogens is 204 g/mol. The molecule has 1 N–H and O–H groups in total. The number of hydrogen-bond donors (Lipinski definition) is 1. The second-order valence-corrected chi connectivity index (χ2v) is 4.04. The third kappa shape index (κ3) is 4.96. The minimum Gasteiger partial charge on any atom is -0.360 e. The lowest BCUT2D eigenvalue weighted by Gasteiger charge is -2.01. The lowest BCUT2D eigenvalue weighted by atomic mass is 10.1. The number of carbonyl (C=O) groups excluding carboxylic acids is 1. The highest BCUT2D eigenvalue weighted by atomic mass is 16.5. The van der Waals surface area contributed by atoms with E-state index in [1.54, 1.807) is 13.0 Å². The molecule has 0 saturated carbocycles. The fourth-order valence-corrected chi connectivity index (χ4v) is 1.52. The maximum Gasteiger partial charge on any atom is 0.225 e. The van der Waals surface area contributed by atoms with Crippen molar-refractivity contribution in [1.29, 1.82) is 0 Å². The van der Waals surface area contributed by atoms with E-state index in [-0.39, 0.29) is 5.91 Å². The molecule has 4 nitrogen and oxygen atoms in total. The van der Waals surface area contributed by atoms with Gasteiger partial charge in [-0.2, -0.15) is 0 Å². The minimum atomic E-state index is 0.0183. The van der Waals surface area contributed by atoms with Crippen molar-refractivity contribution in [1.82, 2.24) is 5.16 Å². The number of amides is 1. The van der Waals surface area contributed by atoms with Gasteiger partial charge in [0.05, 0.1) is 0 Å². The Morgan fingerprint density at radius 2 is 2.12 bits per heavy atom. The molecule has 0 radical (unpaired) electrons. The van der Waals surface area contributed by atoms with Gasteiger partial charge < -0.3 is 9.84 Å². The Bertz CT molecular complexity index is 321. The molecule has 0 aliphatic rings. The monoisotopic (exact) mass is 224 g/mol. The number of anilines is 1. The molecule has 1 aromatic heterocycles. The highest BCUT2D eigenvalue weighted by Crippen LogP contribution is 2.09. The van der Waals surface area contributed by atoms with Crippen LogP contribution in [0.1, 0.15) is 51.2 Å². The molecule has 0 saturated heterocycles. The molecule has 1 aromatic rings. The number of hydrogen-bond acceptors (Lipinski definition) is 3. The highest BCUT2D eigenvalue weighted by molar-refractivity contribution is 5.89. The molecule has 1 rings (SSSR count). The summed E-state index contributed by atoms with van der Waals surface area (Å²) < 4.78 is 4.86. The van der Waals surface area contributed by atoms with Crippen LogP contribution in [-0.4, -0.2) is 11.1 Å². The zero-order valence-electron chi connectivity index (χ0n) is 10.1. The lowest BCUT2D eigenvalue weighted by molar-refractivity contribution is -0.116. The van der Waals surface area contributed by atoms with Crippen molar-refractivity contribution in [2.75, 3.05) is 5.32 Å². The van der Waals surface area contributed by atoms with Crippen LogP contribution in [0.4, 0.5) is 5.82 Å². The Labute approximate surface area is 96.4 Å². The van der Waals surface area contributed by atoms with Gasteiger partial charge in [0, 0.05) is 12.5 Å². The van der Waals surface area contributed by atoms with Crippen LogP contribution in [0.5, 0.6) is 0 Å². The van der Waals surface area contributed by atoms with E-state index in [4.69, 9.17) is 4.52 Å². The van der Waals surface area contributed by atoms with Crippen LogP contribution in [0.25, 0.3) is 0 Å². The Morgan fingerprint density at radius 3 is 2.75 bits per heavy atom. The summed E-state index contributed by atoms with van der Waals surface area (Å²) in [5, 5.41) is 6.42. The number of aromatic nitrogens is 1. The molecule has 0 spiro atoms. The molecule has 0 bridgehead atoms. The molecule has 90 valence electrons. The number of aryl methyl sites for hydroxylation is 1. The van der Waals surface area contributed by atoms with Crippen LogP contribution in [0.15, 0.2) is 10.6 Å². The van der Waals surface area contributed by atoms with E-state index in [1.807, 2.05) is 0 Å². The first-order chi connectivity index (χ1) is 7.72. The first kappa shape index (κ1) is 12.7. The van der Waals surface area contributed by atoms with Crippen LogP contribution in [-0.2, 0) is 4.79 Å². The standard InChI is InChI=1S/C12H20N2O2/c1-3-4-5-6-7-8-12(15)13-11-9-10(2)16-14-11/h9H,3-8H2,1-2H3,(H,13,14,15). The second-order valence-electron chi connectivity index (χ2n) is 4.04. The van der Waals surface area contributed by atoms with Crippen molar-refractivity contribution in [3.63, 3.8) is 0 Å². The fourth-order valence-electron chi connectivity index (χ4n) is 1.52. The molecule has 0 unspecified atom stereocenters. The first-order valence-electron chi connectivity index (χ1n) is 5.95. The van der Waals surface area contributed by atoms with E-state index in [0.717, 1.165) is 12.8 Å². The summed E-state index contributed by atoms with van der Waals surface area (Å²) in [7, 11) is 0. The van der Waals surface area contributed by atoms with E-state index in [1.165, 1.54) is 19.3 Å². The second kappa shape index (κ2) is 7.04. The average Bonchev–Trinajstić information content (AvgIpc) is 2.63. The maximum atomic E-state index is 11.5. The summed E-state index contributed by atoms with van der Waals surface area (Å²) >= 11 is 0. The Balaban J connectivity index is 2.11. The third-order valence-corrected chi connectivity index (χ3v) is 2.40. The summed E-state index contributed by atoms with van der Waals surface area (Å²) in [5.41, 5.74) is 0. The van der Waals surface area contributed by atoms with E-state index in [9.17, 15) is 4.79 Å². The largest absolute Gasteiger partial charge is 0.360 e. The van der Waals surface area contributed by atoms with Crippen LogP contribution >= 0.6 is 0 Å². The highest BCUT2D eigenvalue weighted by Gasteiger charge is 2.05. The predicted octanol–water partition coefficient (Wildman–Crippen LogP) is 3.28. The van der Waals surface area contributed by atoms with Crippen molar-refractivity contribution in [2.24, 2.45) is 0 Å². The summed E-state index contributed by atoms with van der Waals surface area (Å²) in [6.07, 6.45) is 6.33. The molecule has 0 aromatic carbocycles. The third-order valence-electron chi connectivity index (χ3n) is 2.40. The normalized spacial score (nSPS) is 10.4. The zero-order valence-corrected chi connectivity index (χ0v) is 10.1. The van der Waals surface area contributed by atoms with Crippen molar-refractivity contribution < 1.29 is 9.32 Å². The first-order valence-corrected chi connectivity index (χ1v) is 5.95. The fraction of sp³-hybridized carbons (Fsp3) is 0.667. The number of unbranched alkanes of at least 4 members (excludes halogenated alkanes) is 4. The quantitative estimate of drug-likeness (QED) is 0.723. The van der Waals surface area contributed by atoms with Gasteiger partial charge in [-0.3, -0.25) is 4.79 Å². The van der Waals surface area contributed by atoms with Crippen LogP contribution in [0.2, 0.25) is 0 Å². The smallest absolute Gasteiger partial charge is 0.225 e. The van der Waals surface area contributed by atoms with E-state index in [0.29, 0.717) is 18.0 Å². The molecule has 4 heteroatoms. The van der Waals surface area contributed by atoms with Gasteiger partial charge >= 0.3 is 0 Å². The Morgan fingerprint density at radius 1 is 1.38 bits per heavy atom. The topological polar surface area (TPSA) is 55.1 Å². The van der Waals surface area contributed by atoms with Crippen molar-refractivity contribution >= 4 is 11.7 Å². The van der Waals surface area contributed by atoms with Crippen LogP contribution in [0, 0.1) is 6.92 Å². The van der Waals surface area contributed by atoms with Crippen molar-refractivity contribution in [3.8, 4) is 0 Å². The zero-order chi connectivity index (χ0) is 11.8. The summed E-state index contributed by atoms with van der Waals surface area (Å²) in [4.78, 5) is 11.5. The van der Waals surface area contributed by atoms with Gasteiger partial charge in [-0.05, 0) is 13.3 Å². The number of nitrogens with one attached hydrogen (secondary N) is 1. The predicted molar refractivity (Wildman–Crippen MR) is 63.2 cm³/mol. The van der Waals surface area contributed by atoms with Gasteiger partial charge in [0.15, 0.2) is 5.82 Å². The molecule has 0 fully saturated rings. The lowest BCUT2D eigenvalue weighted by Crippen LogP contribution is -2.11. The summed E-state index contributed by atoms with van der Waals surface area (Å²) in [5.74, 6) is 1.24. The van der Waals surface area contributed by atoms with Gasteiger partial charge in [-0.1, -0.05) is 37.8 Å². The van der Waals surface area contributed by atoms with Gasteiger partial charge in [-0.15, -0.1) is 0 Å². The minimum absolute atomic E-state index is 0.0183. The Kier molecular flexibility index (Phi) is 5.61. The van der Waals surface area contributed by atoms with Gasteiger partial charge in [0.2, 0.25) is 5.91 Å². The average molecular weight is 224 g/mol. The SMILES string of the molecule is CCCCCCCC(=O)Nc1cc(C)on1. The molecule has 1 heterocycles. The molecule has 0 aliphatic heterocycles. The van der Waals surface area contributed by atoms with Crippen LogP contribution < -0.4 is 5.32 Å². The number of rotatable bonds is 7. The molecule has 0 atom stereocenters. The number of carbonyl (C=O) groups is 1. The summed E-state index contributed by atoms with van der Waals surface area (Å²) in [6.45, 7) is 3.98. The molecular formula is C12H20N2O2. The van der Waals surface area contributed by atoms with E-state index < -0.39 is 0 Å². The maximum absolute atomic E-state index is 11.5. The number of nitrogens with zero attached hydrogens (tertiary/aromatic N) is 1.